The molecule has 2 rings (SSSR count). The highest BCUT2D eigenvalue weighted by Gasteiger charge is 2.28. The van der Waals surface area contributed by atoms with Gasteiger partial charge in [-0.2, -0.15) is 0 Å². The first-order chi connectivity index (χ1) is 8.53. The van der Waals surface area contributed by atoms with Gasteiger partial charge in [-0.05, 0) is 24.6 Å². The van der Waals surface area contributed by atoms with Crippen molar-refractivity contribution in [3.05, 3.63) is 24.3 Å². The van der Waals surface area contributed by atoms with Gasteiger partial charge in [0, 0.05) is 12.2 Å². The fraction of sp³-hybridized carbons (Fsp3) is 0.364. The summed E-state index contributed by atoms with van der Waals surface area (Å²) in [5.41, 5.74) is 6.32. The molecular weight excluding hydrogens is 254 g/mol. The number of hydrogen-bond donors (Lipinski definition) is 2. The second-order valence-corrected chi connectivity index (χ2v) is 6.06. The van der Waals surface area contributed by atoms with E-state index in [0.29, 0.717) is 24.3 Å². The van der Waals surface area contributed by atoms with Crippen LogP contribution >= 0.6 is 0 Å². The molecule has 3 N–H and O–H groups in total. The lowest BCUT2D eigenvalue weighted by atomic mass is 10.2. The number of benzene rings is 1. The zero-order chi connectivity index (χ0) is 13.2. The van der Waals surface area contributed by atoms with Crippen molar-refractivity contribution in [1.29, 1.82) is 0 Å². The molecule has 0 spiro atoms. The van der Waals surface area contributed by atoms with Gasteiger partial charge < -0.3 is 11.1 Å². The molecule has 1 aromatic carbocycles. The van der Waals surface area contributed by atoms with E-state index in [0.717, 1.165) is 0 Å². The van der Waals surface area contributed by atoms with E-state index in [-0.39, 0.29) is 18.2 Å². The molecule has 98 valence electrons. The van der Waals surface area contributed by atoms with E-state index < -0.39 is 10.0 Å². The van der Waals surface area contributed by atoms with Crippen molar-refractivity contribution in [2.75, 3.05) is 28.5 Å². The molecule has 1 aliphatic heterocycles. The third-order valence-corrected chi connectivity index (χ3v) is 4.57. The molecule has 1 aromatic rings. The van der Waals surface area contributed by atoms with E-state index in [9.17, 15) is 13.2 Å². The van der Waals surface area contributed by atoms with Crippen LogP contribution < -0.4 is 15.4 Å². The smallest absolute Gasteiger partial charge is 0.238 e. The number of nitrogens with two attached hydrogens (primary N) is 1. The van der Waals surface area contributed by atoms with E-state index >= 15 is 0 Å². The molecule has 0 radical (unpaired) electrons. The molecule has 7 heteroatoms. The Labute approximate surface area is 106 Å². The van der Waals surface area contributed by atoms with Crippen molar-refractivity contribution in [2.45, 2.75) is 6.42 Å². The molecule has 18 heavy (non-hydrogen) atoms. The second-order valence-electron chi connectivity index (χ2n) is 4.04. The third-order valence-electron chi connectivity index (χ3n) is 2.70. The number of carbonyl (C=O) groups excluding carboxylic acids is 1. The van der Waals surface area contributed by atoms with Gasteiger partial charge in [-0.25, -0.2) is 8.42 Å². The van der Waals surface area contributed by atoms with Gasteiger partial charge in [0.1, 0.15) is 0 Å². The fourth-order valence-corrected chi connectivity index (χ4v) is 3.44. The number of carbonyl (C=O) groups is 1. The first-order valence-corrected chi connectivity index (χ1v) is 7.24. The number of anilines is 2. The average Bonchev–Trinajstić information content (AvgIpc) is 2.69. The fourth-order valence-electron chi connectivity index (χ4n) is 1.88. The molecule has 1 heterocycles. The van der Waals surface area contributed by atoms with E-state index in [4.69, 9.17) is 5.73 Å². The number of hydrogen-bond acceptors (Lipinski definition) is 4. The number of nitrogens with one attached hydrogen (secondary N) is 1. The summed E-state index contributed by atoms with van der Waals surface area (Å²) in [4.78, 5) is 11.2. The van der Waals surface area contributed by atoms with Crippen LogP contribution in [0.15, 0.2) is 24.3 Å². The highest BCUT2D eigenvalue weighted by atomic mass is 32.2. The summed E-state index contributed by atoms with van der Waals surface area (Å²) in [7, 11) is -3.19. The van der Waals surface area contributed by atoms with Crippen LogP contribution in [0.2, 0.25) is 0 Å². The second kappa shape index (κ2) is 4.95. The van der Waals surface area contributed by atoms with Crippen molar-refractivity contribution < 1.29 is 13.2 Å². The Balaban J connectivity index is 2.25. The minimum Gasteiger partial charge on any atom is -0.325 e. The summed E-state index contributed by atoms with van der Waals surface area (Å²) in [6.45, 7) is 0.378. The summed E-state index contributed by atoms with van der Waals surface area (Å²) in [6.07, 6.45) is 0.627. The molecule has 0 saturated carbocycles. The molecule has 6 nitrogen and oxygen atoms in total. The quantitative estimate of drug-likeness (QED) is 0.815. The summed E-state index contributed by atoms with van der Waals surface area (Å²) >= 11 is 0. The maximum absolute atomic E-state index is 11.8. The molecule has 0 unspecified atom stereocenters. The lowest BCUT2D eigenvalue weighted by molar-refractivity contribution is -0.114. The highest BCUT2D eigenvalue weighted by Crippen LogP contribution is 2.26. The molecule has 1 fully saturated rings. The zero-order valence-electron chi connectivity index (χ0n) is 9.80. The highest BCUT2D eigenvalue weighted by molar-refractivity contribution is 7.93. The Kier molecular flexibility index (Phi) is 3.53. The summed E-state index contributed by atoms with van der Waals surface area (Å²) in [5.74, 6) is -0.136. The van der Waals surface area contributed by atoms with Crippen LogP contribution in [0.1, 0.15) is 6.42 Å². The minimum atomic E-state index is -3.19. The number of rotatable bonds is 3. The van der Waals surface area contributed by atoms with Crippen LogP contribution in [0.25, 0.3) is 0 Å². The largest absolute Gasteiger partial charge is 0.325 e. The molecule has 0 atom stereocenters. The molecule has 1 amide bonds. The summed E-state index contributed by atoms with van der Waals surface area (Å²) in [6, 6.07) is 6.74. The van der Waals surface area contributed by atoms with Gasteiger partial charge in [-0.1, -0.05) is 6.07 Å². The van der Waals surface area contributed by atoms with Gasteiger partial charge in [0.05, 0.1) is 18.0 Å². The first kappa shape index (κ1) is 12.8. The number of nitrogens with zero attached hydrogens (tertiary/aromatic N) is 1. The molecule has 0 aromatic heterocycles. The average molecular weight is 269 g/mol. The lowest BCUT2D eigenvalue weighted by Crippen LogP contribution is -2.25. The Morgan fingerprint density at radius 3 is 2.83 bits per heavy atom. The summed E-state index contributed by atoms with van der Waals surface area (Å²) < 4.78 is 24.9. The standard InChI is InChI=1S/C11H15N3O3S/c12-8-11(15)13-9-3-1-4-10(7-9)14-5-2-6-18(14,16)17/h1,3-4,7H,2,5-6,8,12H2,(H,13,15). The Morgan fingerprint density at radius 1 is 1.44 bits per heavy atom. The van der Waals surface area contributed by atoms with Crippen molar-refractivity contribution in [3.8, 4) is 0 Å². The summed E-state index contributed by atoms with van der Waals surface area (Å²) in [5, 5.41) is 2.60. The minimum absolute atomic E-state index is 0.105. The predicted octanol–water partition coefficient (Wildman–Crippen LogP) is 0.124. The van der Waals surface area contributed by atoms with Gasteiger partial charge in [-0.3, -0.25) is 9.10 Å². The van der Waals surface area contributed by atoms with Gasteiger partial charge in [0.2, 0.25) is 15.9 Å². The van der Waals surface area contributed by atoms with Crippen LogP contribution in [-0.2, 0) is 14.8 Å². The maximum Gasteiger partial charge on any atom is 0.238 e. The normalized spacial score (nSPS) is 17.7. The van der Waals surface area contributed by atoms with Gasteiger partial charge in [-0.15, -0.1) is 0 Å². The number of amides is 1. The monoisotopic (exact) mass is 269 g/mol. The van der Waals surface area contributed by atoms with Gasteiger partial charge in [0.15, 0.2) is 0 Å². The Hall–Kier alpha value is -1.60. The first-order valence-electron chi connectivity index (χ1n) is 5.63. The van der Waals surface area contributed by atoms with Crippen LogP contribution in [0.4, 0.5) is 11.4 Å². The van der Waals surface area contributed by atoms with Crippen molar-refractivity contribution in [3.63, 3.8) is 0 Å². The Bertz CT molecular complexity index is 556. The predicted molar refractivity (Wildman–Crippen MR) is 69.9 cm³/mol. The van der Waals surface area contributed by atoms with Crippen LogP contribution in [0, 0.1) is 0 Å². The van der Waals surface area contributed by atoms with Crippen molar-refractivity contribution in [2.24, 2.45) is 5.73 Å². The SMILES string of the molecule is NCC(=O)Nc1cccc(N2CCCS2(=O)=O)c1. The number of sulfonamides is 1. The van der Waals surface area contributed by atoms with Crippen LogP contribution in [-0.4, -0.2) is 33.2 Å². The molecular formula is C11H15N3O3S. The van der Waals surface area contributed by atoms with Crippen molar-refractivity contribution >= 4 is 27.3 Å². The molecule has 0 aliphatic carbocycles. The van der Waals surface area contributed by atoms with Crippen LogP contribution in [0.3, 0.4) is 0 Å². The van der Waals surface area contributed by atoms with Crippen molar-refractivity contribution in [1.82, 2.24) is 0 Å². The lowest BCUT2D eigenvalue weighted by Gasteiger charge is -2.17. The van der Waals surface area contributed by atoms with Crippen LogP contribution in [0.5, 0.6) is 0 Å². The third kappa shape index (κ3) is 2.62. The molecule has 1 saturated heterocycles. The Morgan fingerprint density at radius 2 is 2.22 bits per heavy atom. The van der Waals surface area contributed by atoms with Gasteiger partial charge in [0.25, 0.3) is 0 Å². The van der Waals surface area contributed by atoms with E-state index in [2.05, 4.69) is 5.32 Å². The van der Waals surface area contributed by atoms with Gasteiger partial charge >= 0.3 is 0 Å². The van der Waals surface area contributed by atoms with E-state index in [1.165, 1.54) is 4.31 Å². The molecule has 1 aliphatic rings. The van der Waals surface area contributed by atoms with E-state index in [1.807, 2.05) is 0 Å². The van der Waals surface area contributed by atoms with E-state index in [1.54, 1.807) is 24.3 Å². The maximum atomic E-state index is 11.8. The molecule has 0 bridgehead atoms. The topological polar surface area (TPSA) is 92.5 Å². The zero-order valence-corrected chi connectivity index (χ0v) is 10.6.